The number of halogens is 2. The van der Waals surface area contributed by atoms with Crippen molar-refractivity contribution in [1.82, 2.24) is 0 Å². The van der Waals surface area contributed by atoms with Crippen LogP contribution in [0.5, 0.6) is 5.75 Å². The minimum atomic E-state index is 0.761. The number of hydrogen-bond donors (Lipinski definition) is 0. The number of rotatable bonds is 8. The van der Waals surface area contributed by atoms with Crippen LogP contribution in [-0.4, -0.2) is 12.5 Å². The molecule has 0 saturated heterocycles. The van der Waals surface area contributed by atoms with Crippen molar-refractivity contribution < 1.29 is 4.74 Å². The minimum Gasteiger partial charge on any atom is -0.494 e. The molecule has 0 N–H and O–H groups in total. The molecule has 2 aromatic rings. The second-order valence-electron chi connectivity index (χ2n) is 4.96. The molecule has 3 heteroatoms. The van der Waals surface area contributed by atoms with Gasteiger partial charge in [0.05, 0.1) is 6.61 Å². The summed E-state index contributed by atoms with van der Waals surface area (Å²) >= 11 is 9.23. The van der Waals surface area contributed by atoms with Gasteiger partial charge in [-0.1, -0.05) is 59.1 Å². The molecule has 0 aromatic heterocycles. The Labute approximate surface area is 140 Å². The normalized spacial score (nSPS) is 10.6. The molecule has 0 saturated carbocycles. The first-order valence-electron chi connectivity index (χ1n) is 7.35. The highest BCUT2D eigenvalue weighted by atomic mass is 79.9. The summed E-state index contributed by atoms with van der Waals surface area (Å²) in [5.41, 5.74) is 2.39. The average Bonchev–Trinajstić information content (AvgIpc) is 2.52. The van der Waals surface area contributed by atoms with Gasteiger partial charge in [-0.3, -0.25) is 0 Å². The molecular formula is C18H20BrClO. The van der Waals surface area contributed by atoms with Gasteiger partial charge >= 0.3 is 0 Å². The first kappa shape index (κ1) is 16.4. The van der Waals surface area contributed by atoms with Gasteiger partial charge in [-0.15, -0.1) is 11.6 Å². The molecule has 0 aliphatic heterocycles. The summed E-state index contributed by atoms with van der Waals surface area (Å²) in [6.45, 7) is 0.774. The van der Waals surface area contributed by atoms with Crippen LogP contribution in [-0.2, 0) is 0 Å². The lowest BCUT2D eigenvalue weighted by molar-refractivity contribution is 0.305. The number of ether oxygens (including phenoxy) is 1. The highest BCUT2D eigenvalue weighted by molar-refractivity contribution is 9.10. The number of unbranched alkanes of at least 4 members (excludes halogenated alkanes) is 3. The topological polar surface area (TPSA) is 9.23 Å². The van der Waals surface area contributed by atoms with Crippen LogP contribution >= 0.6 is 27.5 Å². The molecule has 112 valence electrons. The largest absolute Gasteiger partial charge is 0.494 e. The van der Waals surface area contributed by atoms with E-state index in [0.29, 0.717) is 0 Å². The lowest BCUT2D eigenvalue weighted by atomic mass is 10.1. The number of alkyl halides is 1. The van der Waals surface area contributed by atoms with E-state index in [2.05, 4.69) is 40.2 Å². The second-order valence-corrected chi connectivity index (χ2v) is 6.19. The zero-order valence-electron chi connectivity index (χ0n) is 12.0. The lowest BCUT2D eigenvalue weighted by Gasteiger charge is -2.08. The Kier molecular flexibility index (Phi) is 7.11. The Balaban J connectivity index is 1.84. The standard InChI is InChI=1S/C18H20BrClO/c19-18-8-4-3-7-17(18)15-9-11-16(12-10-15)21-14-6-2-1-5-13-20/h3-4,7-12H,1-2,5-6,13-14H2. The van der Waals surface area contributed by atoms with Gasteiger partial charge in [0.25, 0.3) is 0 Å². The Hall–Kier alpha value is -0.990. The van der Waals surface area contributed by atoms with Crippen LogP contribution in [0.3, 0.4) is 0 Å². The van der Waals surface area contributed by atoms with Crippen LogP contribution in [0.25, 0.3) is 11.1 Å². The molecule has 0 atom stereocenters. The second kappa shape index (κ2) is 9.11. The molecule has 0 spiro atoms. The average molecular weight is 368 g/mol. The summed E-state index contributed by atoms with van der Waals surface area (Å²) in [6, 6.07) is 16.5. The molecule has 2 rings (SSSR count). The third-order valence-electron chi connectivity index (χ3n) is 3.34. The molecule has 0 radical (unpaired) electrons. The number of hydrogen-bond acceptors (Lipinski definition) is 1. The van der Waals surface area contributed by atoms with Crippen LogP contribution in [0.1, 0.15) is 25.7 Å². The molecule has 0 aliphatic rings. The van der Waals surface area contributed by atoms with Crippen LogP contribution in [0.4, 0.5) is 0 Å². The van der Waals surface area contributed by atoms with Crippen molar-refractivity contribution in [3.63, 3.8) is 0 Å². The quantitative estimate of drug-likeness (QED) is 0.393. The highest BCUT2D eigenvalue weighted by Gasteiger charge is 2.02. The van der Waals surface area contributed by atoms with Crippen molar-refractivity contribution in [3.05, 3.63) is 53.0 Å². The molecule has 1 nitrogen and oxygen atoms in total. The molecule has 2 aromatic carbocycles. The van der Waals surface area contributed by atoms with Gasteiger partial charge in [-0.05, 0) is 42.2 Å². The molecule has 21 heavy (non-hydrogen) atoms. The Morgan fingerprint density at radius 2 is 1.57 bits per heavy atom. The summed E-state index contributed by atoms with van der Waals surface area (Å²) in [7, 11) is 0. The summed E-state index contributed by atoms with van der Waals surface area (Å²) in [4.78, 5) is 0. The van der Waals surface area contributed by atoms with Gasteiger partial charge in [-0.25, -0.2) is 0 Å². The smallest absolute Gasteiger partial charge is 0.119 e. The predicted octanol–water partition coefficient (Wildman–Crippen LogP) is 6.29. The fourth-order valence-electron chi connectivity index (χ4n) is 2.17. The lowest BCUT2D eigenvalue weighted by Crippen LogP contribution is -1.97. The molecule has 0 aliphatic carbocycles. The molecule has 0 heterocycles. The number of benzene rings is 2. The van der Waals surface area contributed by atoms with Gasteiger partial charge in [0, 0.05) is 10.4 Å². The van der Waals surface area contributed by atoms with E-state index in [9.17, 15) is 0 Å². The molecular weight excluding hydrogens is 348 g/mol. The maximum absolute atomic E-state index is 5.76. The van der Waals surface area contributed by atoms with Gasteiger partial charge in [0.2, 0.25) is 0 Å². The van der Waals surface area contributed by atoms with Gasteiger partial charge < -0.3 is 4.74 Å². The minimum absolute atomic E-state index is 0.761. The third-order valence-corrected chi connectivity index (χ3v) is 4.29. The SMILES string of the molecule is ClCCCCCCOc1ccc(-c2ccccc2Br)cc1. The van der Waals surface area contributed by atoms with Crippen LogP contribution in [0.2, 0.25) is 0 Å². The molecule has 0 fully saturated rings. The Morgan fingerprint density at radius 3 is 2.29 bits per heavy atom. The first-order valence-corrected chi connectivity index (χ1v) is 8.68. The van der Waals surface area contributed by atoms with E-state index in [0.717, 1.165) is 35.6 Å². The maximum Gasteiger partial charge on any atom is 0.119 e. The van der Waals surface area contributed by atoms with E-state index in [1.165, 1.54) is 24.0 Å². The van der Waals surface area contributed by atoms with E-state index >= 15 is 0 Å². The Morgan fingerprint density at radius 1 is 0.857 bits per heavy atom. The van der Waals surface area contributed by atoms with Crippen LogP contribution in [0, 0.1) is 0 Å². The van der Waals surface area contributed by atoms with E-state index in [4.69, 9.17) is 16.3 Å². The predicted molar refractivity (Wildman–Crippen MR) is 94.3 cm³/mol. The summed E-state index contributed by atoms with van der Waals surface area (Å²) in [5.74, 6) is 1.69. The van der Waals surface area contributed by atoms with Gasteiger partial charge in [-0.2, -0.15) is 0 Å². The van der Waals surface area contributed by atoms with Crippen molar-refractivity contribution in [2.75, 3.05) is 12.5 Å². The summed E-state index contributed by atoms with van der Waals surface area (Å²) in [5, 5.41) is 0. The fraction of sp³-hybridized carbons (Fsp3) is 0.333. The van der Waals surface area contributed by atoms with Crippen molar-refractivity contribution in [2.24, 2.45) is 0 Å². The van der Waals surface area contributed by atoms with Crippen molar-refractivity contribution in [3.8, 4) is 16.9 Å². The van der Waals surface area contributed by atoms with E-state index < -0.39 is 0 Å². The fourth-order valence-corrected chi connectivity index (χ4v) is 2.87. The van der Waals surface area contributed by atoms with Gasteiger partial charge in [0.1, 0.15) is 5.75 Å². The summed E-state index contributed by atoms with van der Waals surface area (Å²) in [6.07, 6.45) is 4.56. The van der Waals surface area contributed by atoms with E-state index in [-0.39, 0.29) is 0 Å². The van der Waals surface area contributed by atoms with Crippen molar-refractivity contribution in [2.45, 2.75) is 25.7 Å². The molecule has 0 unspecified atom stereocenters. The highest BCUT2D eigenvalue weighted by Crippen LogP contribution is 2.29. The maximum atomic E-state index is 5.76. The zero-order chi connectivity index (χ0) is 14.9. The zero-order valence-corrected chi connectivity index (χ0v) is 14.4. The van der Waals surface area contributed by atoms with Gasteiger partial charge in [0.15, 0.2) is 0 Å². The molecule has 0 amide bonds. The summed E-state index contributed by atoms with van der Waals surface area (Å²) < 4.78 is 6.87. The monoisotopic (exact) mass is 366 g/mol. The van der Waals surface area contributed by atoms with Crippen LogP contribution in [0.15, 0.2) is 53.0 Å². The third kappa shape index (κ3) is 5.37. The van der Waals surface area contributed by atoms with E-state index in [1.54, 1.807) is 0 Å². The van der Waals surface area contributed by atoms with E-state index in [1.807, 2.05) is 24.3 Å². The Bertz CT molecular complexity index is 539. The first-order chi connectivity index (χ1) is 10.3. The van der Waals surface area contributed by atoms with Crippen LogP contribution < -0.4 is 4.74 Å². The van der Waals surface area contributed by atoms with Crippen molar-refractivity contribution >= 4 is 27.5 Å². The molecule has 0 bridgehead atoms. The van der Waals surface area contributed by atoms with Crippen molar-refractivity contribution in [1.29, 1.82) is 0 Å².